The zero-order valence-electron chi connectivity index (χ0n) is 7.78. The van der Waals surface area contributed by atoms with Gasteiger partial charge in [0.2, 0.25) is 0 Å². The molecule has 1 atom stereocenters. The molecule has 0 aliphatic carbocycles. The van der Waals surface area contributed by atoms with Gasteiger partial charge in [0.15, 0.2) is 0 Å². The maximum absolute atomic E-state index is 3.49. The molecular weight excluding hydrogens is 132 g/mol. The number of hydrogen-bond donors (Lipinski definition) is 0. The molecule has 0 amide bonds. The van der Waals surface area contributed by atoms with E-state index in [9.17, 15) is 0 Å². The van der Waals surface area contributed by atoms with Gasteiger partial charge in [-0.2, -0.15) is 0 Å². The van der Waals surface area contributed by atoms with E-state index >= 15 is 0 Å². The van der Waals surface area contributed by atoms with E-state index in [0.29, 0.717) is 0 Å². The Labute approximate surface area is 70.4 Å². The van der Waals surface area contributed by atoms with Crippen molar-refractivity contribution < 1.29 is 0 Å². The van der Waals surface area contributed by atoms with Gasteiger partial charge in [-0.15, -0.1) is 11.8 Å². The Morgan fingerprint density at radius 1 is 1.18 bits per heavy atom. The summed E-state index contributed by atoms with van der Waals surface area (Å²) < 4.78 is 0. The van der Waals surface area contributed by atoms with Gasteiger partial charge in [-0.25, -0.2) is 0 Å². The molecule has 0 saturated heterocycles. The van der Waals surface area contributed by atoms with Crippen molar-refractivity contribution in [3.05, 3.63) is 6.92 Å². The molecule has 1 unspecified atom stereocenters. The van der Waals surface area contributed by atoms with Crippen LogP contribution in [0.25, 0.3) is 0 Å². The van der Waals surface area contributed by atoms with Gasteiger partial charge >= 0.3 is 0 Å². The lowest BCUT2D eigenvalue weighted by molar-refractivity contribution is 0.362. The molecule has 0 aliphatic rings. The molecule has 0 heteroatoms. The molecule has 1 radical (unpaired) electrons. The standard InChI is InChI=1S/C11H15/c1-6-8-10(9-7-2)11(3,4)5/h10H,1H2,2-5H3. The number of rotatable bonds is 0. The summed E-state index contributed by atoms with van der Waals surface area (Å²) in [6.45, 7) is 11.7. The van der Waals surface area contributed by atoms with Gasteiger partial charge in [-0.3, -0.25) is 0 Å². The van der Waals surface area contributed by atoms with E-state index in [1.165, 1.54) is 0 Å². The summed E-state index contributed by atoms with van der Waals surface area (Å²) in [6.07, 6.45) is 0. The third-order valence-corrected chi connectivity index (χ3v) is 1.40. The van der Waals surface area contributed by atoms with Crippen LogP contribution < -0.4 is 0 Å². The molecule has 0 aromatic heterocycles. The second-order valence-corrected chi connectivity index (χ2v) is 3.51. The first kappa shape index (κ1) is 10.1. The quantitative estimate of drug-likeness (QED) is 0.462. The third-order valence-electron chi connectivity index (χ3n) is 1.40. The predicted octanol–water partition coefficient (Wildman–Crippen LogP) is 2.51. The number of hydrogen-bond acceptors (Lipinski definition) is 0. The monoisotopic (exact) mass is 147 g/mol. The summed E-state index contributed by atoms with van der Waals surface area (Å²) in [5.41, 5.74) is 0.133. The lowest BCUT2D eigenvalue weighted by Gasteiger charge is -2.21. The first-order valence-corrected chi connectivity index (χ1v) is 3.72. The van der Waals surface area contributed by atoms with E-state index in [1.54, 1.807) is 0 Å². The zero-order chi connectivity index (χ0) is 8.91. The molecule has 0 aromatic carbocycles. The molecule has 0 bridgehead atoms. The van der Waals surface area contributed by atoms with Crippen LogP contribution in [0.2, 0.25) is 0 Å². The van der Waals surface area contributed by atoms with Crippen molar-refractivity contribution in [3.8, 4) is 23.7 Å². The van der Waals surface area contributed by atoms with Crippen LogP contribution in [0.1, 0.15) is 27.7 Å². The van der Waals surface area contributed by atoms with Crippen molar-refractivity contribution in [2.24, 2.45) is 11.3 Å². The van der Waals surface area contributed by atoms with Gasteiger partial charge < -0.3 is 0 Å². The van der Waals surface area contributed by atoms with Gasteiger partial charge in [0.25, 0.3) is 0 Å². The molecule has 0 nitrogen and oxygen atoms in total. The van der Waals surface area contributed by atoms with Gasteiger partial charge in [0.1, 0.15) is 0 Å². The lowest BCUT2D eigenvalue weighted by Crippen LogP contribution is -2.16. The zero-order valence-corrected chi connectivity index (χ0v) is 7.78. The van der Waals surface area contributed by atoms with Crippen LogP contribution in [0, 0.1) is 41.9 Å². The van der Waals surface area contributed by atoms with Crippen molar-refractivity contribution in [3.63, 3.8) is 0 Å². The maximum atomic E-state index is 3.49. The minimum Gasteiger partial charge on any atom is -0.105 e. The Bertz CT molecular complexity index is 199. The molecule has 0 N–H and O–H groups in total. The Morgan fingerprint density at radius 3 is 2.00 bits per heavy atom. The van der Waals surface area contributed by atoms with Gasteiger partial charge in [-0.1, -0.05) is 32.6 Å². The van der Waals surface area contributed by atoms with E-state index in [4.69, 9.17) is 0 Å². The summed E-state index contributed by atoms with van der Waals surface area (Å²) in [5.74, 6) is 11.7. The largest absolute Gasteiger partial charge is 0.105 e. The van der Waals surface area contributed by atoms with Crippen LogP contribution in [-0.4, -0.2) is 0 Å². The highest BCUT2D eigenvalue weighted by Crippen LogP contribution is 2.24. The molecule has 0 spiro atoms. The fourth-order valence-corrected chi connectivity index (χ4v) is 0.715. The minimum absolute atomic E-state index is 0.133. The maximum Gasteiger partial charge on any atom is 0.0859 e. The molecule has 0 aromatic rings. The summed E-state index contributed by atoms with van der Waals surface area (Å²) in [6, 6.07) is 0. The summed E-state index contributed by atoms with van der Waals surface area (Å²) >= 11 is 0. The van der Waals surface area contributed by atoms with Crippen LogP contribution in [0.3, 0.4) is 0 Å². The highest BCUT2D eigenvalue weighted by molar-refractivity contribution is 5.20. The molecule has 0 fully saturated rings. The first-order chi connectivity index (χ1) is 5.02. The Hall–Kier alpha value is -0.880. The molecular formula is C11H15. The Morgan fingerprint density at radius 2 is 1.73 bits per heavy atom. The fraction of sp³-hybridized carbons (Fsp3) is 0.545. The summed E-state index contributed by atoms with van der Waals surface area (Å²) in [4.78, 5) is 0. The third kappa shape index (κ3) is 3.74. The predicted molar refractivity (Wildman–Crippen MR) is 49.5 cm³/mol. The smallest absolute Gasteiger partial charge is 0.0859 e. The normalized spacial score (nSPS) is 9.64. The van der Waals surface area contributed by atoms with Crippen molar-refractivity contribution in [1.29, 1.82) is 0 Å². The average Bonchev–Trinajstić information content (AvgIpc) is 1.85. The Balaban J connectivity index is 4.53. The first-order valence-electron chi connectivity index (χ1n) is 3.72. The second-order valence-electron chi connectivity index (χ2n) is 3.51. The molecule has 59 valence electrons. The topological polar surface area (TPSA) is 0 Å². The van der Waals surface area contributed by atoms with E-state index < -0.39 is 0 Å². The SMILES string of the molecule is [CH2]C#CC(C#CC)C(C)(C)C. The van der Waals surface area contributed by atoms with Crippen LogP contribution in [0.15, 0.2) is 0 Å². The molecule has 0 rings (SSSR count). The van der Waals surface area contributed by atoms with Crippen molar-refractivity contribution in [2.45, 2.75) is 27.7 Å². The van der Waals surface area contributed by atoms with Crippen molar-refractivity contribution in [2.75, 3.05) is 0 Å². The molecule has 0 heterocycles. The second kappa shape index (κ2) is 4.09. The van der Waals surface area contributed by atoms with Crippen molar-refractivity contribution >= 4 is 0 Å². The van der Waals surface area contributed by atoms with Gasteiger partial charge in [-0.05, 0) is 12.3 Å². The highest BCUT2D eigenvalue weighted by atomic mass is 14.2. The lowest BCUT2D eigenvalue weighted by atomic mass is 9.81. The van der Waals surface area contributed by atoms with Crippen LogP contribution in [-0.2, 0) is 0 Å². The van der Waals surface area contributed by atoms with E-state index in [2.05, 4.69) is 51.4 Å². The van der Waals surface area contributed by atoms with Crippen LogP contribution >= 0.6 is 0 Å². The fourth-order valence-electron chi connectivity index (χ4n) is 0.715. The highest BCUT2D eigenvalue weighted by Gasteiger charge is 2.19. The van der Waals surface area contributed by atoms with E-state index in [-0.39, 0.29) is 11.3 Å². The summed E-state index contributed by atoms with van der Waals surface area (Å²) in [5, 5.41) is 0. The van der Waals surface area contributed by atoms with Crippen molar-refractivity contribution in [1.82, 2.24) is 0 Å². The molecule has 0 aliphatic heterocycles. The summed E-state index contributed by atoms with van der Waals surface area (Å²) in [7, 11) is 0. The van der Waals surface area contributed by atoms with Gasteiger partial charge in [0, 0.05) is 6.92 Å². The van der Waals surface area contributed by atoms with Gasteiger partial charge in [0.05, 0.1) is 5.92 Å². The van der Waals surface area contributed by atoms with E-state index in [1.807, 2.05) is 6.92 Å². The van der Waals surface area contributed by atoms with Crippen LogP contribution in [0.5, 0.6) is 0 Å². The molecule has 0 saturated carbocycles. The van der Waals surface area contributed by atoms with E-state index in [0.717, 1.165) is 0 Å². The Kier molecular flexibility index (Phi) is 3.77. The minimum atomic E-state index is 0.133. The molecule has 11 heavy (non-hydrogen) atoms. The average molecular weight is 147 g/mol. The van der Waals surface area contributed by atoms with Crippen LogP contribution in [0.4, 0.5) is 0 Å².